The maximum Gasteiger partial charge on any atom is 0.140 e. The Morgan fingerprint density at radius 2 is 2.31 bits per heavy atom. The lowest BCUT2D eigenvalue weighted by atomic mass is 10.1. The Labute approximate surface area is 79.2 Å². The molecular weight excluding hydrogens is 166 g/mol. The van der Waals surface area contributed by atoms with Crippen molar-refractivity contribution in [2.45, 2.75) is 26.7 Å². The molecule has 1 aliphatic rings. The molecule has 4 nitrogen and oxygen atoms in total. The quantitative estimate of drug-likeness (QED) is 0.195. The minimum Gasteiger partial charge on any atom is -0.409 e. The second-order valence-electron chi connectivity index (χ2n) is 4.44. The van der Waals surface area contributed by atoms with E-state index in [4.69, 9.17) is 10.9 Å². The monoisotopic (exact) mass is 185 g/mol. The average molecular weight is 185 g/mol. The fraction of sp³-hybridized carbons (Fsp3) is 0.889. The van der Waals surface area contributed by atoms with Crippen LogP contribution in [0.3, 0.4) is 0 Å². The van der Waals surface area contributed by atoms with Crippen LogP contribution in [-0.4, -0.2) is 24.1 Å². The Balaban J connectivity index is 1.97. The van der Waals surface area contributed by atoms with Gasteiger partial charge in [0.25, 0.3) is 0 Å². The van der Waals surface area contributed by atoms with E-state index in [0.29, 0.717) is 17.7 Å². The van der Waals surface area contributed by atoms with Crippen LogP contribution in [0.15, 0.2) is 5.16 Å². The molecular formula is C9H19N3O. The van der Waals surface area contributed by atoms with Crippen molar-refractivity contribution in [2.75, 3.05) is 13.1 Å². The number of amidine groups is 1. The van der Waals surface area contributed by atoms with Crippen molar-refractivity contribution in [1.82, 2.24) is 5.32 Å². The summed E-state index contributed by atoms with van der Waals surface area (Å²) in [4.78, 5) is 0. The molecule has 0 aromatic rings. The first-order chi connectivity index (χ1) is 6.06. The van der Waals surface area contributed by atoms with Crippen molar-refractivity contribution in [2.24, 2.45) is 22.2 Å². The molecule has 0 spiro atoms. The van der Waals surface area contributed by atoms with E-state index in [-0.39, 0.29) is 0 Å². The molecule has 1 fully saturated rings. The van der Waals surface area contributed by atoms with Crippen molar-refractivity contribution in [3.63, 3.8) is 0 Å². The van der Waals surface area contributed by atoms with Crippen molar-refractivity contribution >= 4 is 5.84 Å². The summed E-state index contributed by atoms with van der Waals surface area (Å²) in [5.41, 5.74) is 5.85. The molecule has 76 valence electrons. The van der Waals surface area contributed by atoms with Crippen molar-refractivity contribution in [1.29, 1.82) is 0 Å². The molecule has 1 aliphatic carbocycles. The van der Waals surface area contributed by atoms with Gasteiger partial charge in [-0.2, -0.15) is 0 Å². The van der Waals surface area contributed by atoms with E-state index in [1.165, 1.54) is 6.42 Å². The van der Waals surface area contributed by atoms with Crippen LogP contribution in [-0.2, 0) is 0 Å². The number of rotatable bonds is 5. The minimum atomic E-state index is 0.294. The highest BCUT2D eigenvalue weighted by atomic mass is 16.4. The zero-order valence-electron chi connectivity index (χ0n) is 8.38. The first kappa shape index (κ1) is 10.3. The first-order valence-electron chi connectivity index (χ1n) is 4.73. The Kier molecular flexibility index (Phi) is 3.14. The average Bonchev–Trinajstić information content (AvgIpc) is 2.67. The SMILES string of the molecule is CC1(C)CC1CNCCC(N)=NO. The second-order valence-corrected chi connectivity index (χ2v) is 4.44. The summed E-state index contributed by atoms with van der Waals surface area (Å²) in [5.74, 6) is 1.10. The number of hydrogen-bond donors (Lipinski definition) is 3. The van der Waals surface area contributed by atoms with Gasteiger partial charge in [0.05, 0.1) is 0 Å². The van der Waals surface area contributed by atoms with Crippen LogP contribution in [0.25, 0.3) is 0 Å². The van der Waals surface area contributed by atoms with Crippen LogP contribution in [0, 0.1) is 11.3 Å². The standard InChI is InChI=1S/C9H19N3O/c1-9(2)5-7(9)6-11-4-3-8(10)12-13/h7,11,13H,3-6H2,1-2H3,(H2,10,12). The van der Waals surface area contributed by atoms with Crippen LogP contribution in [0.4, 0.5) is 0 Å². The van der Waals surface area contributed by atoms with Gasteiger partial charge in [-0.15, -0.1) is 0 Å². The lowest BCUT2D eigenvalue weighted by Crippen LogP contribution is -2.24. The van der Waals surface area contributed by atoms with Gasteiger partial charge in [0, 0.05) is 13.0 Å². The smallest absolute Gasteiger partial charge is 0.140 e. The number of nitrogens with zero attached hydrogens (tertiary/aromatic N) is 1. The third-order valence-corrected chi connectivity index (χ3v) is 2.79. The highest BCUT2D eigenvalue weighted by Crippen LogP contribution is 2.50. The second kappa shape index (κ2) is 3.96. The van der Waals surface area contributed by atoms with Gasteiger partial charge < -0.3 is 16.3 Å². The highest BCUT2D eigenvalue weighted by molar-refractivity contribution is 5.79. The summed E-state index contributed by atoms with van der Waals surface area (Å²) < 4.78 is 0. The van der Waals surface area contributed by atoms with Crippen molar-refractivity contribution < 1.29 is 5.21 Å². The van der Waals surface area contributed by atoms with E-state index < -0.39 is 0 Å². The van der Waals surface area contributed by atoms with Crippen molar-refractivity contribution in [3.05, 3.63) is 0 Å². The molecule has 0 aromatic heterocycles. The molecule has 0 aromatic carbocycles. The number of hydrogen-bond acceptors (Lipinski definition) is 3. The third-order valence-electron chi connectivity index (χ3n) is 2.79. The Morgan fingerprint density at radius 1 is 1.69 bits per heavy atom. The van der Waals surface area contributed by atoms with Crippen molar-refractivity contribution in [3.8, 4) is 0 Å². The Morgan fingerprint density at radius 3 is 2.77 bits per heavy atom. The highest BCUT2D eigenvalue weighted by Gasteiger charge is 2.44. The van der Waals surface area contributed by atoms with E-state index >= 15 is 0 Å². The lowest BCUT2D eigenvalue weighted by molar-refractivity contribution is 0.316. The Bertz CT molecular complexity index is 201. The van der Waals surface area contributed by atoms with Gasteiger partial charge in [-0.1, -0.05) is 19.0 Å². The van der Waals surface area contributed by atoms with E-state index in [0.717, 1.165) is 19.0 Å². The number of nitrogens with two attached hydrogens (primary N) is 1. The topological polar surface area (TPSA) is 70.6 Å². The summed E-state index contributed by atoms with van der Waals surface area (Å²) in [5, 5.41) is 14.5. The molecule has 0 amide bonds. The maximum absolute atomic E-state index is 8.27. The van der Waals surface area contributed by atoms with Gasteiger partial charge in [0.15, 0.2) is 0 Å². The molecule has 4 N–H and O–H groups in total. The largest absolute Gasteiger partial charge is 0.409 e. The predicted molar refractivity (Wildman–Crippen MR) is 52.8 cm³/mol. The van der Waals surface area contributed by atoms with E-state index in [9.17, 15) is 0 Å². The third kappa shape index (κ3) is 3.22. The fourth-order valence-electron chi connectivity index (χ4n) is 1.47. The summed E-state index contributed by atoms with van der Waals surface area (Å²) in [6.07, 6.45) is 1.92. The molecule has 0 saturated heterocycles. The van der Waals surface area contributed by atoms with E-state index in [1.807, 2.05) is 0 Å². The van der Waals surface area contributed by atoms with Crippen LogP contribution in [0.1, 0.15) is 26.7 Å². The molecule has 1 unspecified atom stereocenters. The summed E-state index contributed by atoms with van der Waals surface area (Å²) in [6.45, 7) is 6.40. The van der Waals surface area contributed by atoms with Gasteiger partial charge in [0.1, 0.15) is 5.84 Å². The van der Waals surface area contributed by atoms with Gasteiger partial charge in [-0.25, -0.2) is 0 Å². The minimum absolute atomic E-state index is 0.294. The zero-order chi connectivity index (χ0) is 9.90. The predicted octanol–water partition coefficient (Wildman–Crippen LogP) is 0.759. The zero-order valence-corrected chi connectivity index (χ0v) is 8.38. The summed E-state index contributed by atoms with van der Waals surface area (Å²) in [6, 6.07) is 0. The van der Waals surface area contributed by atoms with E-state index in [1.54, 1.807) is 0 Å². The van der Waals surface area contributed by atoms with Crippen LogP contribution in [0.2, 0.25) is 0 Å². The molecule has 4 heteroatoms. The molecule has 13 heavy (non-hydrogen) atoms. The normalized spacial score (nSPS) is 26.0. The first-order valence-corrected chi connectivity index (χ1v) is 4.73. The van der Waals surface area contributed by atoms with Gasteiger partial charge >= 0.3 is 0 Å². The van der Waals surface area contributed by atoms with Gasteiger partial charge in [0.2, 0.25) is 0 Å². The summed E-state index contributed by atoms with van der Waals surface area (Å²) >= 11 is 0. The fourth-order valence-corrected chi connectivity index (χ4v) is 1.47. The van der Waals surface area contributed by atoms with Crippen LogP contribution < -0.4 is 11.1 Å². The molecule has 1 rings (SSSR count). The van der Waals surface area contributed by atoms with Gasteiger partial charge in [-0.3, -0.25) is 0 Å². The maximum atomic E-state index is 8.27. The van der Waals surface area contributed by atoms with E-state index in [2.05, 4.69) is 24.3 Å². The molecule has 0 aliphatic heterocycles. The summed E-state index contributed by atoms with van der Waals surface area (Å²) in [7, 11) is 0. The number of oxime groups is 1. The molecule has 0 bridgehead atoms. The Hall–Kier alpha value is -0.770. The molecule has 1 saturated carbocycles. The molecule has 0 heterocycles. The molecule has 0 radical (unpaired) electrons. The van der Waals surface area contributed by atoms with Crippen LogP contribution >= 0.6 is 0 Å². The number of nitrogens with one attached hydrogen (secondary N) is 1. The van der Waals surface area contributed by atoms with Crippen LogP contribution in [0.5, 0.6) is 0 Å². The lowest BCUT2D eigenvalue weighted by Gasteiger charge is -2.05. The molecule has 1 atom stereocenters. The van der Waals surface area contributed by atoms with Gasteiger partial charge in [-0.05, 0) is 24.3 Å².